The maximum atomic E-state index is 5.92. The first-order chi connectivity index (χ1) is 9.25. The Balaban J connectivity index is 0.00000200. The Morgan fingerprint density at radius 1 is 1.55 bits per heavy atom. The third-order valence-electron chi connectivity index (χ3n) is 3.12. The number of halogens is 2. The van der Waals surface area contributed by atoms with Crippen LogP contribution < -0.4 is 15.8 Å². The van der Waals surface area contributed by atoms with E-state index in [1.807, 2.05) is 0 Å². The Labute approximate surface area is 141 Å². The summed E-state index contributed by atoms with van der Waals surface area (Å²) in [5.74, 6) is 1.64. The van der Waals surface area contributed by atoms with E-state index in [0.29, 0.717) is 30.0 Å². The topological polar surface area (TPSA) is 72.5 Å². The van der Waals surface area contributed by atoms with E-state index in [0.717, 1.165) is 12.5 Å². The van der Waals surface area contributed by atoms with E-state index < -0.39 is 0 Å². The van der Waals surface area contributed by atoms with Gasteiger partial charge < -0.3 is 15.8 Å². The number of rotatable bonds is 6. The normalized spacial score (nSPS) is 15.2. The zero-order valence-corrected chi connectivity index (χ0v) is 14.3. The lowest BCUT2D eigenvalue weighted by Crippen LogP contribution is -2.35. The highest BCUT2D eigenvalue weighted by Gasteiger charge is 2.16. The summed E-state index contributed by atoms with van der Waals surface area (Å²) in [5.41, 5.74) is 5.75. The summed E-state index contributed by atoms with van der Waals surface area (Å²) in [6.07, 6.45) is 5.52. The standard InChI is InChI=1S/C13H19ClN4O.HI/c14-11-5-2-6-16-12(11)19-8-7-17-13(15)18-9-10-3-1-4-10;/h2,5-6,10H,1,3-4,7-9H2,(H3,15,17,18);1H. The molecule has 0 spiro atoms. The second-order valence-electron chi connectivity index (χ2n) is 4.59. The first-order valence-corrected chi connectivity index (χ1v) is 6.90. The van der Waals surface area contributed by atoms with Crippen molar-refractivity contribution < 1.29 is 4.74 Å². The minimum atomic E-state index is 0. The molecule has 3 N–H and O–H groups in total. The minimum absolute atomic E-state index is 0. The van der Waals surface area contributed by atoms with Gasteiger partial charge in [0.05, 0.1) is 6.54 Å². The number of ether oxygens (including phenoxy) is 1. The van der Waals surface area contributed by atoms with E-state index in [9.17, 15) is 0 Å². The van der Waals surface area contributed by atoms with Crippen LogP contribution in [0.2, 0.25) is 5.02 Å². The third kappa shape index (κ3) is 5.70. The highest BCUT2D eigenvalue weighted by molar-refractivity contribution is 14.0. The van der Waals surface area contributed by atoms with Gasteiger partial charge in [0, 0.05) is 12.7 Å². The number of aromatic nitrogens is 1. The van der Waals surface area contributed by atoms with Crippen LogP contribution in [0, 0.1) is 5.92 Å². The van der Waals surface area contributed by atoms with Gasteiger partial charge in [-0.05, 0) is 30.9 Å². The first-order valence-electron chi connectivity index (χ1n) is 6.53. The molecule has 20 heavy (non-hydrogen) atoms. The van der Waals surface area contributed by atoms with E-state index in [2.05, 4.69) is 15.3 Å². The second kappa shape index (κ2) is 9.23. The molecule has 2 rings (SSSR count). The lowest BCUT2D eigenvalue weighted by Gasteiger charge is -2.23. The van der Waals surface area contributed by atoms with Gasteiger partial charge in [-0.25, -0.2) is 4.98 Å². The summed E-state index contributed by atoms with van der Waals surface area (Å²) in [7, 11) is 0. The average Bonchev–Trinajstić information content (AvgIpc) is 2.35. The number of nitrogens with zero attached hydrogens (tertiary/aromatic N) is 2. The number of nitrogens with two attached hydrogens (primary N) is 1. The van der Waals surface area contributed by atoms with Crippen molar-refractivity contribution in [2.24, 2.45) is 16.6 Å². The van der Waals surface area contributed by atoms with Crippen molar-refractivity contribution in [1.29, 1.82) is 0 Å². The molecule has 1 heterocycles. The molecular formula is C13H20ClIN4O. The van der Waals surface area contributed by atoms with Crippen LogP contribution >= 0.6 is 35.6 Å². The summed E-state index contributed by atoms with van der Waals surface area (Å²) in [6, 6.07) is 3.50. The monoisotopic (exact) mass is 410 g/mol. The van der Waals surface area contributed by atoms with Crippen LogP contribution in [0.4, 0.5) is 0 Å². The summed E-state index contributed by atoms with van der Waals surface area (Å²) in [6.45, 7) is 1.84. The molecule has 1 aliphatic rings. The number of nitrogens with one attached hydrogen (secondary N) is 1. The van der Waals surface area contributed by atoms with Crippen LogP contribution in [0.5, 0.6) is 5.88 Å². The van der Waals surface area contributed by atoms with Gasteiger partial charge in [-0.1, -0.05) is 18.0 Å². The van der Waals surface area contributed by atoms with E-state index >= 15 is 0 Å². The molecule has 0 amide bonds. The SMILES string of the molecule is I.NC(=NCC1CCC1)NCCOc1ncccc1Cl. The maximum Gasteiger partial charge on any atom is 0.232 e. The van der Waals surface area contributed by atoms with E-state index in [1.54, 1.807) is 18.3 Å². The fraction of sp³-hybridized carbons (Fsp3) is 0.538. The molecule has 1 saturated carbocycles. The van der Waals surface area contributed by atoms with Crippen LogP contribution in [-0.4, -0.2) is 30.6 Å². The summed E-state index contributed by atoms with van der Waals surface area (Å²) >= 11 is 5.92. The number of aliphatic imine (C=N–C) groups is 1. The molecule has 0 aliphatic heterocycles. The zero-order chi connectivity index (χ0) is 13.5. The van der Waals surface area contributed by atoms with Crippen molar-refractivity contribution in [2.75, 3.05) is 19.7 Å². The molecule has 0 radical (unpaired) electrons. The molecule has 1 aromatic rings. The Kier molecular flexibility index (Phi) is 7.98. The maximum absolute atomic E-state index is 5.92. The molecule has 0 saturated heterocycles. The third-order valence-corrected chi connectivity index (χ3v) is 3.40. The fourth-order valence-corrected chi connectivity index (χ4v) is 1.94. The van der Waals surface area contributed by atoms with Gasteiger partial charge in [-0.3, -0.25) is 4.99 Å². The number of pyridine rings is 1. The molecule has 0 bridgehead atoms. The van der Waals surface area contributed by atoms with Gasteiger partial charge in [-0.15, -0.1) is 24.0 Å². The Hall–Kier alpha value is -0.760. The molecule has 0 atom stereocenters. The molecule has 1 fully saturated rings. The molecule has 0 aromatic carbocycles. The van der Waals surface area contributed by atoms with Crippen molar-refractivity contribution in [2.45, 2.75) is 19.3 Å². The Morgan fingerprint density at radius 2 is 2.35 bits per heavy atom. The van der Waals surface area contributed by atoms with Crippen LogP contribution in [0.3, 0.4) is 0 Å². The van der Waals surface area contributed by atoms with Gasteiger partial charge in [0.2, 0.25) is 5.88 Å². The van der Waals surface area contributed by atoms with Crippen LogP contribution in [-0.2, 0) is 0 Å². The fourth-order valence-electron chi connectivity index (χ4n) is 1.76. The molecular weight excluding hydrogens is 391 g/mol. The van der Waals surface area contributed by atoms with Gasteiger partial charge in [-0.2, -0.15) is 0 Å². The van der Waals surface area contributed by atoms with Crippen molar-refractivity contribution >= 4 is 41.5 Å². The number of guanidine groups is 1. The number of hydrogen-bond acceptors (Lipinski definition) is 3. The second-order valence-corrected chi connectivity index (χ2v) is 5.00. The lowest BCUT2D eigenvalue weighted by molar-refractivity contribution is 0.309. The smallest absolute Gasteiger partial charge is 0.232 e. The predicted octanol–water partition coefficient (Wildman–Crippen LogP) is 2.44. The highest BCUT2D eigenvalue weighted by atomic mass is 127. The molecule has 1 aromatic heterocycles. The lowest BCUT2D eigenvalue weighted by atomic mass is 9.86. The minimum Gasteiger partial charge on any atom is -0.475 e. The van der Waals surface area contributed by atoms with Gasteiger partial charge in [0.15, 0.2) is 5.96 Å². The molecule has 112 valence electrons. The van der Waals surface area contributed by atoms with Crippen LogP contribution in [0.15, 0.2) is 23.3 Å². The Bertz CT molecular complexity index is 440. The van der Waals surface area contributed by atoms with Crippen molar-refractivity contribution in [3.05, 3.63) is 23.4 Å². The van der Waals surface area contributed by atoms with Crippen molar-refractivity contribution in [3.63, 3.8) is 0 Å². The molecule has 7 heteroatoms. The quantitative estimate of drug-likeness (QED) is 0.327. The summed E-state index contributed by atoms with van der Waals surface area (Å²) in [5, 5.41) is 3.52. The van der Waals surface area contributed by atoms with E-state index in [4.69, 9.17) is 22.1 Å². The highest BCUT2D eigenvalue weighted by Crippen LogP contribution is 2.26. The van der Waals surface area contributed by atoms with Gasteiger partial charge >= 0.3 is 0 Å². The van der Waals surface area contributed by atoms with Gasteiger partial charge in [0.25, 0.3) is 0 Å². The van der Waals surface area contributed by atoms with E-state index in [-0.39, 0.29) is 24.0 Å². The predicted molar refractivity (Wildman–Crippen MR) is 92.0 cm³/mol. The first kappa shape index (κ1) is 17.3. The van der Waals surface area contributed by atoms with Crippen molar-refractivity contribution in [3.8, 4) is 5.88 Å². The van der Waals surface area contributed by atoms with Crippen LogP contribution in [0.1, 0.15) is 19.3 Å². The van der Waals surface area contributed by atoms with Gasteiger partial charge in [0.1, 0.15) is 11.6 Å². The summed E-state index contributed by atoms with van der Waals surface area (Å²) < 4.78 is 5.43. The average molecular weight is 411 g/mol. The summed E-state index contributed by atoms with van der Waals surface area (Å²) in [4.78, 5) is 8.32. The molecule has 1 aliphatic carbocycles. The van der Waals surface area contributed by atoms with Crippen LogP contribution in [0.25, 0.3) is 0 Å². The van der Waals surface area contributed by atoms with Crippen molar-refractivity contribution in [1.82, 2.24) is 10.3 Å². The zero-order valence-electron chi connectivity index (χ0n) is 11.2. The molecule has 0 unspecified atom stereocenters. The van der Waals surface area contributed by atoms with E-state index in [1.165, 1.54) is 19.3 Å². The largest absolute Gasteiger partial charge is 0.475 e. The number of hydrogen-bond donors (Lipinski definition) is 2. The Morgan fingerprint density at radius 3 is 3.00 bits per heavy atom. The molecule has 5 nitrogen and oxygen atoms in total.